The first-order chi connectivity index (χ1) is 12.2. The number of anilines is 1. The van der Waals surface area contributed by atoms with Gasteiger partial charge in [-0.05, 0) is 48.2 Å². The fraction of sp³-hybridized carbons (Fsp3) is 0.381. The van der Waals surface area contributed by atoms with Gasteiger partial charge in [-0.15, -0.1) is 0 Å². The maximum Gasteiger partial charge on any atom is 0.227 e. The average molecular weight is 338 g/mol. The van der Waals surface area contributed by atoms with Gasteiger partial charge in [-0.2, -0.15) is 0 Å². The Hall–Kier alpha value is -2.33. The molecule has 1 saturated heterocycles. The number of hydrogen-bond acceptors (Lipinski definition) is 3. The van der Waals surface area contributed by atoms with Crippen LogP contribution in [0.2, 0.25) is 0 Å². The van der Waals surface area contributed by atoms with Crippen molar-refractivity contribution in [1.29, 1.82) is 0 Å². The van der Waals surface area contributed by atoms with E-state index in [1.807, 2.05) is 50.2 Å². The predicted molar refractivity (Wildman–Crippen MR) is 102 cm³/mol. The third-order valence-corrected chi connectivity index (χ3v) is 4.63. The van der Waals surface area contributed by atoms with Crippen LogP contribution in [0.25, 0.3) is 11.1 Å². The Morgan fingerprint density at radius 3 is 2.32 bits per heavy atom. The molecule has 4 heteroatoms. The van der Waals surface area contributed by atoms with E-state index in [1.165, 1.54) is 0 Å². The van der Waals surface area contributed by atoms with Gasteiger partial charge in [0.1, 0.15) is 5.75 Å². The molecule has 3 rings (SSSR count). The van der Waals surface area contributed by atoms with Crippen molar-refractivity contribution in [3.8, 4) is 16.9 Å². The summed E-state index contributed by atoms with van der Waals surface area (Å²) in [7, 11) is 0. The lowest BCUT2D eigenvalue weighted by Gasteiger charge is -2.11. The first kappa shape index (κ1) is 17.5. The summed E-state index contributed by atoms with van der Waals surface area (Å²) < 4.78 is 5.76. The van der Waals surface area contributed by atoms with Gasteiger partial charge in [0.2, 0.25) is 5.91 Å². The van der Waals surface area contributed by atoms with E-state index in [1.54, 1.807) is 0 Å². The fourth-order valence-electron chi connectivity index (χ4n) is 2.55. The molecule has 2 atom stereocenters. The second-order valence-electron chi connectivity index (χ2n) is 6.64. The van der Waals surface area contributed by atoms with E-state index in [0.717, 1.165) is 48.6 Å². The van der Waals surface area contributed by atoms with E-state index in [-0.39, 0.29) is 11.8 Å². The SMILES string of the molecule is CCC(C)C(=O)Nc1ccc(-c2ccc(OCCC3CN3)cc2)cc1. The Kier molecular flexibility index (Phi) is 5.71. The molecule has 0 spiro atoms. The molecule has 0 bridgehead atoms. The number of hydrogen-bond donors (Lipinski definition) is 2. The third-order valence-electron chi connectivity index (χ3n) is 4.63. The highest BCUT2D eigenvalue weighted by molar-refractivity contribution is 5.92. The van der Waals surface area contributed by atoms with Crippen molar-refractivity contribution < 1.29 is 9.53 Å². The number of rotatable bonds is 8. The molecule has 132 valence electrons. The van der Waals surface area contributed by atoms with Crippen LogP contribution in [0.3, 0.4) is 0 Å². The second-order valence-corrected chi connectivity index (χ2v) is 6.64. The lowest BCUT2D eigenvalue weighted by atomic mass is 10.0. The van der Waals surface area contributed by atoms with Gasteiger partial charge in [0.25, 0.3) is 0 Å². The minimum Gasteiger partial charge on any atom is -0.494 e. The van der Waals surface area contributed by atoms with E-state index in [9.17, 15) is 4.79 Å². The summed E-state index contributed by atoms with van der Waals surface area (Å²) >= 11 is 0. The quantitative estimate of drug-likeness (QED) is 0.713. The first-order valence-corrected chi connectivity index (χ1v) is 9.03. The summed E-state index contributed by atoms with van der Waals surface area (Å²) in [5.41, 5.74) is 3.09. The van der Waals surface area contributed by atoms with Gasteiger partial charge < -0.3 is 15.4 Å². The monoisotopic (exact) mass is 338 g/mol. The van der Waals surface area contributed by atoms with Crippen LogP contribution in [0.4, 0.5) is 5.69 Å². The Labute approximate surface area is 149 Å². The van der Waals surface area contributed by atoms with Crippen LogP contribution in [-0.2, 0) is 4.79 Å². The van der Waals surface area contributed by atoms with Crippen molar-refractivity contribution in [3.05, 3.63) is 48.5 Å². The predicted octanol–water partition coefficient (Wildman–Crippen LogP) is 4.08. The van der Waals surface area contributed by atoms with E-state index in [4.69, 9.17) is 4.74 Å². The molecule has 0 radical (unpaired) electrons. The summed E-state index contributed by atoms with van der Waals surface area (Å²) in [6, 6.07) is 16.8. The van der Waals surface area contributed by atoms with Gasteiger partial charge in [0.05, 0.1) is 6.61 Å². The van der Waals surface area contributed by atoms with Crippen molar-refractivity contribution in [2.45, 2.75) is 32.7 Å². The Morgan fingerprint density at radius 1 is 1.16 bits per heavy atom. The Balaban J connectivity index is 1.56. The fourth-order valence-corrected chi connectivity index (χ4v) is 2.55. The summed E-state index contributed by atoms with van der Waals surface area (Å²) in [5, 5.41) is 6.22. The molecule has 1 heterocycles. The number of carbonyl (C=O) groups is 1. The molecule has 2 aromatic carbocycles. The highest BCUT2D eigenvalue weighted by Crippen LogP contribution is 2.24. The van der Waals surface area contributed by atoms with Crippen molar-refractivity contribution >= 4 is 11.6 Å². The van der Waals surface area contributed by atoms with Gasteiger partial charge >= 0.3 is 0 Å². The van der Waals surface area contributed by atoms with Crippen LogP contribution in [-0.4, -0.2) is 25.1 Å². The average Bonchev–Trinajstić information content (AvgIpc) is 3.46. The molecule has 1 aliphatic heterocycles. The number of nitrogens with one attached hydrogen (secondary N) is 2. The topological polar surface area (TPSA) is 60.3 Å². The summed E-state index contributed by atoms with van der Waals surface area (Å²) in [5.74, 6) is 1.00. The van der Waals surface area contributed by atoms with Gasteiger partial charge in [-0.1, -0.05) is 38.1 Å². The van der Waals surface area contributed by atoms with Crippen LogP contribution in [0.5, 0.6) is 5.75 Å². The van der Waals surface area contributed by atoms with Gasteiger partial charge in [0, 0.05) is 24.2 Å². The lowest BCUT2D eigenvalue weighted by Crippen LogP contribution is -2.19. The highest BCUT2D eigenvalue weighted by atomic mass is 16.5. The third kappa shape index (κ3) is 5.07. The molecule has 1 aliphatic rings. The minimum atomic E-state index is 0.0305. The molecule has 2 N–H and O–H groups in total. The molecule has 1 amide bonds. The first-order valence-electron chi connectivity index (χ1n) is 9.03. The lowest BCUT2D eigenvalue weighted by molar-refractivity contribution is -0.119. The van der Waals surface area contributed by atoms with E-state index in [2.05, 4.69) is 22.8 Å². The zero-order valence-corrected chi connectivity index (χ0v) is 14.9. The van der Waals surface area contributed by atoms with Crippen LogP contribution in [0.15, 0.2) is 48.5 Å². The van der Waals surface area contributed by atoms with E-state index in [0.29, 0.717) is 6.04 Å². The molecule has 0 aliphatic carbocycles. The van der Waals surface area contributed by atoms with Crippen LogP contribution in [0.1, 0.15) is 26.7 Å². The molecule has 25 heavy (non-hydrogen) atoms. The van der Waals surface area contributed by atoms with Gasteiger partial charge in [-0.3, -0.25) is 4.79 Å². The molecule has 4 nitrogen and oxygen atoms in total. The molecule has 1 fully saturated rings. The molecule has 0 aromatic heterocycles. The van der Waals surface area contributed by atoms with Crippen LogP contribution >= 0.6 is 0 Å². The minimum absolute atomic E-state index is 0.0305. The number of carbonyl (C=O) groups excluding carboxylic acids is 1. The van der Waals surface area contributed by atoms with E-state index < -0.39 is 0 Å². The highest BCUT2D eigenvalue weighted by Gasteiger charge is 2.19. The summed E-state index contributed by atoms with van der Waals surface area (Å²) in [6.07, 6.45) is 1.90. The van der Waals surface area contributed by atoms with Crippen LogP contribution in [0, 0.1) is 5.92 Å². The maximum absolute atomic E-state index is 11.9. The smallest absolute Gasteiger partial charge is 0.227 e. The molecule has 0 saturated carbocycles. The van der Waals surface area contributed by atoms with Crippen LogP contribution < -0.4 is 15.4 Å². The Morgan fingerprint density at radius 2 is 1.76 bits per heavy atom. The molecule has 2 unspecified atom stereocenters. The zero-order valence-electron chi connectivity index (χ0n) is 14.9. The second kappa shape index (κ2) is 8.17. The molecular formula is C21H26N2O2. The molecular weight excluding hydrogens is 312 g/mol. The normalized spacial score (nSPS) is 17.0. The zero-order chi connectivity index (χ0) is 17.6. The number of benzene rings is 2. The van der Waals surface area contributed by atoms with Crippen molar-refractivity contribution in [2.24, 2.45) is 5.92 Å². The largest absolute Gasteiger partial charge is 0.494 e. The number of amides is 1. The number of ether oxygens (including phenoxy) is 1. The van der Waals surface area contributed by atoms with Gasteiger partial charge in [-0.25, -0.2) is 0 Å². The van der Waals surface area contributed by atoms with E-state index >= 15 is 0 Å². The van der Waals surface area contributed by atoms with Crippen molar-refractivity contribution in [3.63, 3.8) is 0 Å². The van der Waals surface area contributed by atoms with Crippen molar-refractivity contribution in [1.82, 2.24) is 5.32 Å². The van der Waals surface area contributed by atoms with Gasteiger partial charge in [0.15, 0.2) is 0 Å². The summed E-state index contributed by atoms with van der Waals surface area (Å²) in [6.45, 7) is 5.83. The summed E-state index contributed by atoms with van der Waals surface area (Å²) in [4.78, 5) is 11.9. The maximum atomic E-state index is 11.9. The Bertz CT molecular complexity index is 691. The molecule has 2 aromatic rings. The van der Waals surface area contributed by atoms with Crippen molar-refractivity contribution in [2.75, 3.05) is 18.5 Å². The standard InChI is InChI=1S/C21H26N2O2/c1-3-15(2)21(24)23-18-8-4-16(5-9-18)17-6-10-20(11-7-17)25-13-12-19-14-22-19/h4-11,15,19,22H,3,12-14H2,1-2H3,(H,23,24).